The van der Waals surface area contributed by atoms with Gasteiger partial charge in [0.25, 0.3) is 11.6 Å². The zero-order valence-corrected chi connectivity index (χ0v) is 11.6. The lowest BCUT2D eigenvalue weighted by Crippen LogP contribution is -2.13. The molecular formula is C13H9BrN2O4. The Morgan fingerprint density at radius 1 is 1.25 bits per heavy atom. The van der Waals surface area contributed by atoms with Gasteiger partial charge in [-0.3, -0.25) is 14.9 Å². The number of benzene rings is 2. The van der Waals surface area contributed by atoms with Gasteiger partial charge in [-0.1, -0.05) is 28.1 Å². The van der Waals surface area contributed by atoms with Gasteiger partial charge in [0.05, 0.1) is 4.92 Å². The number of hydrogen-bond acceptors (Lipinski definition) is 4. The first-order valence-electron chi connectivity index (χ1n) is 5.52. The van der Waals surface area contributed by atoms with Crippen LogP contribution in [0.25, 0.3) is 0 Å². The highest BCUT2D eigenvalue weighted by molar-refractivity contribution is 9.10. The number of anilines is 1. The van der Waals surface area contributed by atoms with Crippen molar-refractivity contribution < 1.29 is 14.8 Å². The molecule has 0 aliphatic heterocycles. The Morgan fingerprint density at radius 3 is 2.60 bits per heavy atom. The van der Waals surface area contributed by atoms with Gasteiger partial charge in [-0.15, -0.1) is 0 Å². The predicted molar refractivity (Wildman–Crippen MR) is 76.9 cm³/mol. The van der Waals surface area contributed by atoms with E-state index in [1.165, 1.54) is 18.2 Å². The molecule has 0 heterocycles. The van der Waals surface area contributed by atoms with Crippen molar-refractivity contribution in [2.45, 2.75) is 0 Å². The largest absolute Gasteiger partial charge is 0.505 e. The molecule has 0 spiro atoms. The molecule has 0 aliphatic rings. The van der Waals surface area contributed by atoms with Gasteiger partial charge in [-0.05, 0) is 24.3 Å². The average Bonchev–Trinajstić information content (AvgIpc) is 2.40. The first-order valence-corrected chi connectivity index (χ1v) is 6.31. The summed E-state index contributed by atoms with van der Waals surface area (Å²) in [6, 6.07) is 10.4. The molecule has 7 heteroatoms. The number of nitro groups is 1. The third-order valence-corrected chi connectivity index (χ3v) is 3.04. The van der Waals surface area contributed by atoms with Crippen LogP contribution in [0.3, 0.4) is 0 Å². The monoisotopic (exact) mass is 336 g/mol. The second-order valence-electron chi connectivity index (χ2n) is 3.89. The van der Waals surface area contributed by atoms with Gasteiger partial charge in [-0.2, -0.15) is 0 Å². The molecule has 0 atom stereocenters. The maximum atomic E-state index is 12.0. The van der Waals surface area contributed by atoms with E-state index < -0.39 is 10.8 Å². The van der Waals surface area contributed by atoms with E-state index in [0.717, 1.165) is 0 Å². The zero-order chi connectivity index (χ0) is 14.7. The Labute approximate surface area is 122 Å². The van der Waals surface area contributed by atoms with Crippen molar-refractivity contribution in [1.29, 1.82) is 0 Å². The number of nitrogens with one attached hydrogen (secondary N) is 1. The summed E-state index contributed by atoms with van der Waals surface area (Å²) in [5.41, 5.74) is -0.271. The van der Waals surface area contributed by atoms with E-state index in [4.69, 9.17) is 0 Å². The molecule has 2 aromatic carbocycles. The fraction of sp³-hybridized carbons (Fsp3) is 0. The van der Waals surface area contributed by atoms with E-state index in [-0.39, 0.29) is 17.1 Å². The van der Waals surface area contributed by atoms with Crippen molar-refractivity contribution >= 4 is 33.2 Å². The van der Waals surface area contributed by atoms with Crippen LogP contribution in [0, 0.1) is 10.1 Å². The average molecular weight is 337 g/mol. The summed E-state index contributed by atoms with van der Waals surface area (Å²) in [4.78, 5) is 22.2. The SMILES string of the molecule is O=C(Nc1c(O)cccc1[N+](=O)[O-])c1cccc(Br)c1. The Bertz CT molecular complexity index is 688. The quantitative estimate of drug-likeness (QED) is 0.510. The topological polar surface area (TPSA) is 92.5 Å². The Balaban J connectivity index is 2.35. The molecule has 0 saturated heterocycles. The van der Waals surface area contributed by atoms with Crippen molar-refractivity contribution in [1.82, 2.24) is 0 Å². The van der Waals surface area contributed by atoms with Crippen LogP contribution in [0.4, 0.5) is 11.4 Å². The second-order valence-corrected chi connectivity index (χ2v) is 4.81. The first-order chi connectivity index (χ1) is 9.49. The van der Waals surface area contributed by atoms with Crippen LogP contribution in [-0.4, -0.2) is 15.9 Å². The minimum atomic E-state index is -0.670. The Kier molecular flexibility index (Phi) is 3.99. The number of carbonyl (C=O) groups is 1. The van der Waals surface area contributed by atoms with Gasteiger partial charge in [0.1, 0.15) is 5.75 Å². The van der Waals surface area contributed by atoms with Gasteiger partial charge in [0, 0.05) is 16.1 Å². The minimum absolute atomic E-state index is 0.220. The number of nitrogens with zero attached hydrogens (tertiary/aromatic N) is 1. The second kappa shape index (κ2) is 5.70. The third kappa shape index (κ3) is 2.94. The van der Waals surface area contributed by atoms with Crippen LogP contribution in [0.15, 0.2) is 46.9 Å². The predicted octanol–water partition coefficient (Wildman–Crippen LogP) is 3.32. The number of phenols is 1. The molecule has 102 valence electrons. The lowest BCUT2D eigenvalue weighted by molar-refractivity contribution is -0.384. The highest BCUT2D eigenvalue weighted by atomic mass is 79.9. The molecule has 0 radical (unpaired) electrons. The number of carbonyl (C=O) groups excluding carboxylic acids is 1. The van der Waals surface area contributed by atoms with Crippen LogP contribution in [0.2, 0.25) is 0 Å². The Hall–Kier alpha value is -2.41. The third-order valence-electron chi connectivity index (χ3n) is 2.54. The van der Waals surface area contributed by atoms with Crippen LogP contribution in [0.1, 0.15) is 10.4 Å². The molecule has 0 unspecified atom stereocenters. The van der Waals surface area contributed by atoms with Crippen molar-refractivity contribution in [3.8, 4) is 5.75 Å². The van der Waals surface area contributed by atoms with Crippen LogP contribution >= 0.6 is 15.9 Å². The number of amides is 1. The molecule has 0 bridgehead atoms. The molecule has 0 saturated carbocycles. The summed E-state index contributed by atoms with van der Waals surface area (Å²) in [5.74, 6) is -0.904. The lowest BCUT2D eigenvalue weighted by atomic mass is 10.2. The van der Waals surface area contributed by atoms with Crippen LogP contribution in [-0.2, 0) is 0 Å². The molecule has 0 fully saturated rings. The standard InChI is InChI=1S/C13H9BrN2O4/c14-9-4-1-3-8(7-9)13(18)15-12-10(16(19)20)5-2-6-11(12)17/h1-7,17H,(H,15,18). The number of para-hydroxylation sites is 1. The maximum absolute atomic E-state index is 12.0. The van der Waals surface area contributed by atoms with Crippen molar-refractivity contribution in [2.24, 2.45) is 0 Å². The Morgan fingerprint density at radius 2 is 1.95 bits per heavy atom. The molecule has 0 aromatic heterocycles. The van der Waals surface area contributed by atoms with Crippen LogP contribution < -0.4 is 5.32 Å². The maximum Gasteiger partial charge on any atom is 0.296 e. The highest BCUT2D eigenvalue weighted by Gasteiger charge is 2.20. The summed E-state index contributed by atoms with van der Waals surface area (Å²) in [6.07, 6.45) is 0. The minimum Gasteiger partial charge on any atom is -0.505 e. The number of rotatable bonds is 3. The summed E-state index contributed by atoms with van der Waals surface area (Å²) in [7, 11) is 0. The van der Waals surface area contributed by atoms with E-state index in [0.29, 0.717) is 10.0 Å². The smallest absolute Gasteiger partial charge is 0.296 e. The molecule has 0 aliphatic carbocycles. The van der Waals surface area contributed by atoms with Crippen molar-refractivity contribution in [3.05, 3.63) is 62.6 Å². The lowest BCUT2D eigenvalue weighted by Gasteiger charge is -2.08. The van der Waals surface area contributed by atoms with Gasteiger partial charge < -0.3 is 10.4 Å². The molecule has 2 aromatic rings. The molecular weight excluding hydrogens is 328 g/mol. The summed E-state index contributed by atoms with van der Waals surface area (Å²) in [5, 5.41) is 22.9. The summed E-state index contributed by atoms with van der Waals surface area (Å²) in [6.45, 7) is 0. The molecule has 2 N–H and O–H groups in total. The van der Waals surface area contributed by atoms with Gasteiger partial charge in [0.2, 0.25) is 0 Å². The highest BCUT2D eigenvalue weighted by Crippen LogP contribution is 2.33. The van der Waals surface area contributed by atoms with Gasteiger partial charge in [-0.25, -0.2) is 0 Å². The summed E-state index contributed by atoms with van der Waals surface area (Å²) < 4.78 is 0.705. The number of aromatic hydroxyl groups is 1. The van der Waals surface area contributed by atoms with E-state index in [1.807, 2.05) is 0 Å². The molecule has 2 rings (SSSR count). The number of halogens is 1. The van der Waals surface area contributed by atoms with E-state index in [2.05, 4.69) is 21.2 Å². The van der Waals surface area contributed by atoms with E-state index in [1.54, 1.807) is 24.3 Å². The molecule has 1 amide bonds. The number of hydrogen-bond donors (Lipinski definition) is 2. The fourth-order valence-corrected chi connectivity index (χ4v) is 2.02. The van der Waals surface area contributed by atoms with Gasteiger partial charge >= 0.3 is 0 Å². The first kappa shape index (κ1) is 14.0. The van der Waals surface area contributed by atoms with E-state index in [9.17, 15) is 20.0 Å². The molecule has 20 heavy (non-hydrogen) atoms. The summed E-state index contributed by atoms with van der Waals surface area (Å²) >= 11 is 3.23. The fourth-order valence-electron chi connectivity index (χ4n) is 1.62. The normalized spacial score (nSPS) is 10.1. The zero-order valence-electron chi connectivity index (χ0n) is 10.0. The van der Waals surface area contributed by atoms with Gasteiger partial charge in [0.15, 0.2) is 5.69 Å². The van der Waals surface area contributed by atoms with Crippen LogP contribution in [0.5, 0.6) is 5.75 Å². The van der Waals surface area contributed by atoms with Crippen molar-refractivity contribution in [3.63, 3.8) is 0 Å². The molecule has 6 nitrogen and oxygen atoms in total. The van der Waals surface area contributed by atoms with E-state index >= 15 is 0 Å². The number of phenolic OH excluding ortho intramolecular Hbond substituents is 1. The van der Waals surface area contributed by atoms with Crippen molar-refractivity contribution in [2.75, 3.05) is 5.32 Å². The number of nitro benzene ring substituents is 1.